The highest BCUT2D eigenvalue weighted by atomic mass is 32.2. The van der Waals surface area contributed by atoms with E-state index in [4.69, 9.17) is 4.74 Å². The summed E-state index contributed by atoms with van der Waals surface area (Å²) in [6, 6.07) is 13.0. The van der Waals surface area contributed by atoms with Crippen LogP contribution in [-0.4, -0.2) is 31.3 Å². The topological polar surface area (TPSA) is 73.2 Å². The molecule has 0 amide bonds. The van der Waals surface area contributed by atoms with Crippen molar-refractivity contribution in [2.75, 3.05) is 13.2 Å². The van der Waals surface area contributed by atoms with E-state index in [-0.39, 0.29) is 23.9 Å². The van der Waals surface area contributed by atoms with Gasteiger partial charge in [-0.2, -0.15) is 5.10 Å². The van der Waals surface area contributed by atoms with Crippen molar-refractivity contribution < 1.29 is 17.5 Å². The Morgan fingerprint density at radius 3 is 2.82 bits per heavy atom. The van der Waals surface area contributed by atoms with E-state index in [0.717, 1.165) is 37.0 Å². The van der Waals surface area contributed by atoms with Crippen LogP contribution in [0, 0.1) is 11.7 Å². The maximum Gasteiger partial charge on any atom is 0.243 e. The average molecular weight is 472 g/mol. The van der Waals surface area contributed by atoms with Gasteiger partial charge >= 0.3 is 0 Å². The van der Waals surface area contributed by atoms with Gasteiger partial charge in [-0.05, 0) is 72.1 Å². The Kier molecular flexibility index (Phi) is 7.14. The molecule has 0 bridgehead atoms. The summed E-state index contributed by atoms with van der Waals surface area (Å²) in [5, 5.41) is 3.90. The lowest BCUT2D eigenvalue weighted by molar-refractivity contribution is 0.322. The second-order valence-electron chi connectivity index (χ2n) is 8.65. The van der Waals surface area contributed by atoms with E-state index in [1.165, 1.54) is 34.3 Å². The molecular formula is C25H30FN3O3S. The maximum absolute atomic E-state index is 13.7. The van der Waals surface area contributed by atoms with E-state index >= 15 is 0 Å². The molecule has 0 saturated heterocycles. The van der Waals surface area contributed by atoms with E-state index in [1.54, 1.807) is 19.2 Å². The van der Waals surface area contributed by atoms with Crippen molar-refractivity contribution in [3.05, 3.63) is 77.4 Å². The van der Waals surface area contributed by atoms with Gasteiger partial charge in [0.15, 0.2) is 0 Å². The number of hydrogen-bond donors (Lipinski definition) is 1. The van der Waals surface area contributed by atoms with Crippen LogP contribution in [0.3, 0.4) is 0 Å². The molecule has 1 aromatic heterocycles. The van der Waals surface area contributed by atoms with Crippen LogP contribution in [0.4, 0.5) is 4.39 Å². The number of nitrogens with one attached hydrogen (secondary N) is 1. The Balaban J connectivity index is 1.42. The quantitative estimate of drug-likeness (QED) is 0.450. The molecule has 8 heteroatoms. The molecule has 2 aromatic carbocycles. The van der Waals surface area contributed by atoms with Gasteiger partial charge in [0.25, 0.3) is 0 Å². The van der Waals surface area contributed by atoms with Crippen molar-refractivity contribution in [2.45, 2.75) is 43.4 Å². The Bertz CT molecular complexity index is 1210. The first kappa shape index (κ1) is 23.4. The molecule has 1 heterocycles. The predicted molar refractivity (Wildman–Crippen MR) is 125 cm³/mol. The van der Waals surface area contributed by atoms with Crippen molar-refractivity contribution >= 4 is 10.0 Å². The lowest BCUT2D eigenvalue weighted by atomic mass is 9.84. The lowest BCUT2D eigenvalue weighted by Gasteiger charge is -2.21. The van der Waals surface area contributed by atoms with Crippen molar-refractivity contribution in [3.63, 3.8) is 0 Å². The average Bonchev–Trinajstić information content (AvgIpc) is 3.36. The van der Waals surface area contributed by atoms with Gasteiger partial charge in [0.1, 0.15) is 23.1 Å². The van der Waals surface area contributed by atoms with Gasteiger partial charge in [-0.3, -0.25) is 4.68 Å². The third-order valence-corrected chi connectivity index (χ3v) is 7.64. The van der Waals surface area contributed by atoms with Crippen LogP contribution in [0.15, 0.2) is 59.8 Å². The van der Waals surface area contributed by atoms with Crippen molar-refractivity contribution in [1.29, 1.82) is 0 Å². The van der Waals surface area contributed by atoms with E-state index in [2.05, 4.69) is 28.9 Å². The number of sulfonamides is 1. The highest BCUT2D eigenvalue weighted by Crippen LogP contribution is 2.43. The lowest BCUT2D eigenvalue weighted by Crippen LogP contribution is -2.28. The molecule has 0 radical (unpaired) electrons. The van der Waals surface area contributed by atoms with Gasteiger partial charge in [-0.1, -0.05) is 31.5 Å². The fourth-order valence-electron chi connectivity index (χ4n) is 4.71. The summed E-state index contributed by atoms with van der Waals surface area (Å²) in [5.74, 6) is 1.35. The molecule has 2 atom stereocenters. The summed E-state index contributed by atoms with van der Waals surface area (Å²) in [4.78, 5) is 0.129. The zero-order chi connectivity index (χ0) is 23.4. The van der Waals surface area contributed by atoms with Crippen LogP contribution in [0.2, 0.25) is 0 Å². The zero-order valence-electron chi connectivity index (χ0n) is 19.0. The summed E-state index contributed by atoms with van der Waals surface area (Å²) in [7, 11) is -1.94. The molecule has 0 fully saturated rings. The summed E-state index contributed by atoms with van der Waals surface area (Å²) < 4.78 is 48.2. The van der Waals surface area contributed by atoms with Gasteiger partial charge in [0.2, 0.25) is 10.0 Å². The van der Waals surface area contributed by atoms with Gasteiger partial charge in [-0.25, -0.2) is 17.5 Å². The predicted octanol–water partition coefficient (Wildman–Crippen LogP) is 4.22. The number of aryl methyl sites for hydroxylation is 1. The number of halogens is 1. The van der Waals surface area contributed by atoms with Crippen molar-refractivity contribution in [2.24, 2.45) is 13.0 Å². The first-order chi connectivity index (χ1) is 15.9. The first-order valence-corrected chi connectivity index (χ1v) is 12.8. The van der Waals surface area contributed by atoms with Gasteiger partial charge in [0.05, 0.1) is 6.20 Å². The number of aromatic nitrogens is 2. The zero-order valence-corrected chi connectivity index (χ0v) is 19.8. The van der Waals surface area contributed by atoms with Gasteiger partial charge in [-0.15, -0.1) is 0 Å². The molecule has 0 aliphatic heterocycles. The normalized spacial score (nSPS) is 17.8. The minimum Gasteiger partial charge on any atom is -0.492 e. The fourth-order valence-corrected chi connectivity index (χ4v) is 5.70. The summed E-state index contributed by atoms with van der Waals surface area (Å²) in [6.45, 7) is 2.56. The number of ether oxygens (including phenoxy) is 1. The van der Waals surface area contributed by atoms with Crippen LogP contribution in [0.25, 0.3) is 0 Å². The SMILES string of the molecule is CCCC1Cc2ccc(OCCNS(=O)(=O)c3cnn(C)c3)cc2C1Cc1cccc(F)c1. The van der Waals surface area contributed by atoms with Crippen LogP contribution in [0.1, 0.15) is 42.4 Å². The molecule has 0 spiro atoms. The van der Waals surface area contributed by atoms with Crippen molar-refractivity contribution in [1.82, 2.24) is 14.5 Å². The number of benzene rings is 2. The minimum atomic E-state index is -3.61. The highest BCUT2D eigenvalue weighted by Gasteiger charge is 2.32. The Hall–Kier alpha value is -2.71. The number of rotatable bonds is 10. The number of fused-ring (bicyclic) bond motifs is 1. The van der Waals surface area contributed by atoms with E-state index in [9.17, 15) is 12.8 Å². The van der Waals surface area contributed by atoms with E-state index < -0.39 is 10.0 Å². The first-order valence-electron chi connectivity index (χ1n) is 11.3. The molecule has 6 nitrogen and oxygen atoms in total. The van der Waals surface area contributed by atoms with Crippen LogP contribution in [-0.2, 0) is 29.9 Å². The molecule has 1 aliphatic rings. The number of hydrogen-bond acceptors (Lipinski definition) is 4. The van der Waals surface area contributed by atoms with Crippen LogP contribution in [0.5, 0.6) is 5.75 Å². The largest absolute Gasteiger partial charge is 0.492 e. The molecule has 1 aliphatic carbocycles. The molecule has 2 unspecified atom stereocenters. The van der Waals surface area contributed by atoms with E-state index in [0.29, 0.717) is 11.8 Å². The standard InChI is InChI=1S/C25H30FN3O3S/c1-3-5-19-14-20-8-9-22(15-25(20)24(19)13-18-6-4-7-21(26)12-18)32-11-10-28-33(30,31)23-16-27-29(2)17-23/h4,6-9,12,15-17,19,24,28H,3,5,10-11,13-14H2,1-2H3. The minimum absolute atomic E-state index is 0.129. The summed E-state index contributed by atoms with van der Waals surface area (Å²) in [6.07, 6.45) is 6.82. The summed E-state index contributed by atoms with van der Waals surface area (Å²) >= 11 is 0. The molecule has 1 N–H and O–H groups in total. The van der Waals surface area contributed by atoms with Crippen LogP contribution >= 0.6 is 0 Å². The van der Waals surface area contributed by atoms with Gasteiger partial charge in [0, 0.05) is 19.8 Å². The second kappa shape index (κ2) is 10.1. The third-order valence-electron chi connectivity index (χ3n) is 6.23. The molecule has 4 rings (SSSR count). The molecule has 33 heavy (non-hydrogen) atoms. The van der Waals surface area contributed by atoms with Gasteiger partial charge < -0.3 is 4.74 Å². The van der Waals surface area contributed by atoms with Crippen LogP contribution < -0.4 is 9.46 Å². The highest BCUT2D eigenvalue weighted by molar-refractivity contribution is 7.89. The molecule has 0 saturated carbocycles. The monoisotopic (exact) mass is 471 g/mol. The Morgan fingerprint density at radius 2 is 2.09 bits per heavy atom. The Morgan fingerprint density at radius 1 is 1.24 bits per heavy atom. The van der Waals surface area contributed by atoms with Crippen molar-refractivity contribution in [3.8, 4) is 5.75 Å². The maximum atomic E-state index is 13.7. The molecule has 3 aromatic rings. The van der Waals surface area contributed by atoms with E-state index in [1.807, 2.05) is 12.1 Å². The smallest absolute Gasteiger partial charge is 0.243 e. The number of nitrogens with zero attached hydrogens (tertiary/aromatic N) is 2. The summed E-state index contributed by atoms with van der Waals surface area (Å²) in [5.41, 5.74) is 3.58. The molecule has 176 valence electrons. The third kappa shape index (κ3) is 5.62. The molecular weight excluding hydrogens is 441 g/mol. The second-order valence-corrected chi connectivity index (χ2v) is 10.4. The fraction of sp³-hybridized carbons (Fsp3) is 0.400. The Labute approximate surface area is 194 Å².